The molecular formula is C11H19NO7. The molecule has 0 saturated heterocycles. The van der Waals surface area contributed by atoms with Gasteiger partial charge in [0.15, 0.2) is 5.60 Å². The molecule has 0 aromatic carbocycles. The van der Waals surface area contributed by atoms with Gasteiger partial charge in [-0.1, -0.05) is 6.08 Å². The molecule has 0 radical (unpaired) electrons. The van der Waals surface area contributed by atoms with Crippen molar-refractivity contribution in [1.82, 2.24) is 4.90 Å². The van der Waals surface area contributed by atoms with Crippen LogP contribution in [0.2, 0.25) is 0 Å². The maximum absolute atomic E-state index is 10.3. The summed E-state index contributed by atoms with van der Waals surface area (Å²) in [6.45, 7) is 4.53. The molecule has 19 heavy (non-hydrogen) atoms. The molecular weight excluding hydrogens is 258 g/mol. The maximum Gasteiger partial charge on any atom is 0.336 e. The van der Waals surface area contributed by atoms with Crippen LogP contribution in [0.4, 0.5) is 0 Å². The highest BCUT2D eigenvalue weighted by Crippen LogP contribution is 2.15. The molecule has 0 saturated carbocycles. The van der Waals surface area contributed by atoms with E-state index in [4.69, 9.17) is 20.4 Å². The Kier molecular flexibility index (Phi) is 9.26. The van der Waals surface area contributed by atoms with Crippen LogP contribution in [0.15, 0.2) is 12.7 Å². The standard InChI is InChI=1S/C6H8O7.C5H11N/c7-3(8)1-6(13,5(11)12)2-4(9)10;1-4-5-6(2)3/h13H,1-2H2,(H,7,8)(H,9,10)(H,11,12);4H,1,5H2,2-3H3. The van der Waals surface area contributed by atoms with Gasteiger partial charge in [-0.15, -0.1) is 6.58 Å². The maximum atomic E-state index is 10.3. The average molecular weight is 277 g/mol. The summed E-state index contributed by atoms with van der Waals surface area (Å²) in [5.41, 5.74) is -2.74. The van der Waals surface area contributed by atoms with E-state index in [1.807, 2.05) is 20.2 Å². The van der Waals surface area contributed by atoms with E-state index in [0.29, 0.717) is 0 Å². The first kappa shape index (κ1) is 19.4. The van der Waals surface area contributed by atoms with Crippen LogP contribution in [0.25, 0.3) is 0 Å². The zero-order valence-corrected chi connectivity index (χ0v) is 10.9. The summed E-state index contributed by atoms with van der Waals surface area (Å²) in [4.78, 5) is 32.5. The van der Waals surface area contributed by atoms with Crippen molar-refractivity contribution in [3.05, 3.63) is 12.7 Å². The lowest BCUT2D eigenvalue weighted by Crippen LogP contribution is -2.42. The first-order valence-corrected chi connectivity index (χ1v) is 5.20. The third-order valence-electron chi connectivity index (χ3n) is 1.78. The number of carboxylic acids is 3. The van der Waals surface area contributed by atoms with Gasteiger partial charge in [0.1, 0.15) is 0 Å². The van der Waals surface area contributed by atoms with Gasteiger partial charge in [0.25, 0.3) is 0 Å². The van der Waals surface area contributed by atoms with E-state index >= 15 is 0 Å². The second-order valence-electron chi connectivity index (χ2n) is 4.03. The third kappa shape index (κ3) is 10.9. The SMILES string of the molecule is C=CCN(C)C.O=C(O)CC(O)(CC(=O)O)C(=O)O. The molecule has 0 aliphatic rings. The predicted octanol–water partition coefficient (Wildman–Crippen LogP) is -0.514. The van der Waals surface area contributed by atoms with Gasteiger partial charge in [-0.2, -0.15) is 0 Å². The Hall–Kier alpha value is -1.93. The summed E-state index contributed by atoms with van der Waals surface area (Å²) in [6.07, 6.45) is -0.413. The van der Waals surface area contributed by atoms with Crippen LogP contribution in [0.5, 0.6) is 0 Å². The molecule has 8 nitrogen and oxygen atoms in total. The number of likely N-dealkylation sites (N-methyl/N-ethyl adjacent to an activating group) is 1. The number of nitrogens with zero attached hydrogens (tertiary/aromatic N) is 1. The van der Waals surface area contributed by atoms with E-state index < -0.39 is 36.4 Å². The number of carboxylic acid groups (broad SMARTS) is 3. The number of aliphatic carboxylic acids is 3. The Morgan fingerprint density at radius 2 is 1.47 bits per heavy atom. The monoisotopic (exact) mass is 277 g/mol. The highest BCUT2D eigenvalue weighted by Gasteiger charge is 2.40. The van der Waals surface area contributed by atoms with E-state index in [9.17, 15) is 14.4 Å². The van der Waals surface area contributed by atoms with Gasteiger partial charge in [-0.05, 0) is 14.1 Å². The molecule has 0 rings (SSSR count). The molecule has 0 aromatic heterocycles. The smallest absolute Gasteiger partial charge is 0.336 e. The molecule has 8 heteroatoms. The summed E-state index contributed by atoms with van der Waals surface area (Å²) < 4.78 is 0. The Labute approximate surface area is 110 Å². The van der Waals surface area contributed by atoms with Crippen molar-refractivity contribution in [2.24, 2.45) is 0 Å². The predicted molar refractivity (Wildman–Crippen MR) is 65.8 cm³/mol. The molecule has 4 N–H and O–H groups in total. The largest absolute Gasteiger partial charge is 0.481 e. The summed E-state index contributed by atoms with van der Waals surface area (Å²) in [5, 5.41) is 33.8. The van der Waals surface area contributed by atoms with E-state index in [1.54, 1.807) is 0 Å². The molecule has 0 fully saturated rings. The molecule has 0 aliphatic carbocycles. The van der Waals surface area contributed by atoms with Crippen molar-refractivity contribution in [3.8, 4) is 0 Å². The summed E-state index contributed by atoms with van der Waals surface area (Å²) >= 11 is 0. The molecule has 0 amide bonds. The van der Waals surface area contributed by atoms with Gasteiger partial charge < -0.3 is 25.3 Å². The number of hydrogen-bond donors (Lipinski definition) is 4. The quantitative estimate of drug-likeness (QED) is 0.457. The van der Waals surface area contributed by atoms with Crippen LogP contribution in [0.1, 0.15) is 12.8 Å². The van der Waals surface area contributed by atoms with E-state index in [0.717, 1.165) is 6.54 Å². The topological polar surface area (TPSA) is 135 Å². The Morgan fingerprint density at radius 1 is 1.11 bits per heavy atom. The van der Waals surface area contributed by atoms with Gasteiger partial charge in [-0.3, -0.25) is 9.59 Å². The molecule has 0 aromatic rings. The zero-order valence-electron chi connectivity index (χ0n) is 10.9. The van der Waals surface area contributed by atoms with Crippen LogP contribution < -0.4 is 0 Å². The van der Waals surface area contributed by atoms with E-state index in [-0.39, 0.29) is 0 Å². The van der Waals surface area contributed by atoms with Crippen LogP contribution in [-0.2, 0) is 14.4 Å². The molecule has 0 spiro atoms. The van der Waals surface area contributed by atoms with Crippen LogP contribution in [0, 0.1) is 0 Å². The first-order valence-electron chi connectivity index (χ1n) is 5.20. The number of carbonyl (C=O) groups is 3. The van der Waals surface area contributed by atoms with E-state index in [2.05, 4.69) is 11.5 Å². The normalized spacial score (nSPS) is 10.3. The van der Waals surface area contributed by atoms with Crippen molar-refractivity contribution in [1.29, 1.82) is 0 Å². The Balaban J connectivity index is 0. The van der Waals surface area contributed by atoms with Crippen molar-refractivity contribution in [2.75, 3.05) is 20.6 Å². The number of aliphatic hydroxyl groups is 1. The number of rotatable bonds is 7. The van der Waals surface area contributed by atoms with Gasteiger partial charge in [0.05, 0.1) is 12.8 Å². The van der Waals surface area contributed by atoms with Gasteiger partial charge >= 0.3 is 17.9 Å². The molecule has 0 bridgehead atoms. The molecule has 110 valence electrons. The lowest BCUT2D eigenvalue weighted by molar-refractivity contribution is -0.170. The van der Waals surface area contributed by atoms with Gasteiger partial charge in [-0.25, -0.2) is 4.79 Å². The van der Waals surface area contributed by atoms with E-state index in [1.165, 1.54) is 0 Å². The fourth-order valence-corrected chi connectivity index (χ4v) is 0.972. The lowest BCUT2D eigenvalue weighted by Gasteiger charge is -2.18. The van der Waals surface area contributed by atoms with Crippen molar-refractivity contribution >= 4 is 17.9 Å². The van der Waals surface area contributed by atoms with Crippen molar-refractivity contribution in [2.45, 2.75) is 18.4 Å². The molecule has 0 aliphatic heterocycles. The number of hydrogen-bond acceptors (Lipinski definition) is 5. The second kappa shape index (κ2) is 9.06. The van der Waals surface area contributed by atoms with Crippen LogP contribution >= 0.6 is 0 Å². The highest BCUT2D eigenvalue weighted by atomic mass is 16.4. The fraction of sp³-hybridized carbons (Fsp3) is 0.545. The molecule has 0 atom stereocenters. The summed E-state index contributed by atoms with van der Waals surface area (Å²) in [5.74, 6) is -5.02. The van der Waals surface area contributed by atoms with Crippen molar-refractivity contribution < 1.29 is 34.8 Å². The molecule has 0 heterocycles. The average Bonchev–Trinajstić information content (AvgIpc) is 2.14. The minimum atomic E-state index is -2.74. The van der Waals surface area contributed by atoms with Crippen LogP contribution in [-0.4, -0.2) is 69.5 Å². The highest BCUT2D eigenvalue weighted by molar-refractivity contribution is 5.88. The van der Waals surface area contributed by atoms with Crippen molar-refractivity contribution in [3.63, 3.8) is 0 Å². The minimum absolute atomic E-state index is 0.972. The Morgan fingerprint density at radius 3 is 1.58 bits per heavy atom. The summed E-state index contributed by atoms with van der Waals surface area (Å²) in [6, 6.07) is 0. The third-order valence-corrected chi connectivity index (χ3v) is 1.78. The fourth-order valence-electron chi connectivity index (χ4n) is 0.972. The second-order valence-corrected chi connectivity index (χ2v) is 4.03. The Bertz CT molecular complexity index is 322. The van der Waals surface area contributed by atoms with Gasteiger partial charge in [0.2, 0.25) is 0 Å². The van der Waals surface area contributed by atoms with Crippen LogP contribution in [0.3, 0.4) is 0 Å². The molecule has 0 unspecified atom stereocenters. The zero-order chi connectivity index (χ0) is 15.6. The summed E-state index contributed by atoms with van der Waals surface area (Å²) in [7, 11) is 4.03. The van der Waals surface area contributed by atoms with Gasteiger partial charge in [0, 0.05) is 6.54 Å². The lowest BCUT2D eigenvalue weighted by atomic mass is 9.96. The minimum Gasteiger partial charge on any atom is -0.481 e. The first-order chi connectivity index (χ1) is 8.55.